The number of carbonyl (C=O) groups excluding carboxylic acids is 2. The van der Waals surface area contributed by atoms with Crippen LogP contribution in [0.4, 0.5) is 5.69 Å². The van der Waals surface area contributed by atoms with E-state index >= 15 is 0 Å². The Morgan fingerprint density at radius 3 is 2.15 bits per heavy atom. The SMILES string of the molecule is Cc1ccc(N(CC(=O)N(Cc2cccc(Cl)c2)[C@H](C)C(=O)NC2CCCCC2)S(=O)(=O)c2ccc(C)cc2)cc1. The molecule has 9 heteroatoms. The maximum Gasteiger partial charge on any atom is 0.264 e. The molecular weight excluding hydrogens is 558 g/mol. The molecule has 1 aliphatic carbocycles. The van der Waals surface area contributed by atoms with Crippen molar-refractivity contribution in [3.8, 4) is 0 Å². The number of nitrogens with zero attached hydrogens (tertiary/aromatic N) is 2. The van der Waals surface area contributed by atoms with Crippen LogP contribution < -0.4 is 9.62 Å². The summed E-state index contributed by atoms with van der Waals surface area (Å²) >= 11 is 6.22. The van der Waals surface area contributed by atoms with Crippen LogP contribution in [0.1, 0.15) is 55.7 Å². The van der Waals surface area contributed by atoms with Crippen LogP contribution >= 0.6 is 11.6 Å². The molecule has 0 radical (unpaired) electrons. The lowest BCUT2D eigenvalue weighted by molar-refractivity contribution is -0.139. The number of benzene rings is 3. The summed E-state index contributed by atoms with van der Waals surface area (Å²) in [5, 5.41) is 3.62. The number of anilines is 1. The van der Waals surface area contributed by atoms with Gasteiger partial charge < -0.3 is 10.2 Å². The monoisotopic (exact) mass is 595 g/mol. The minimum absolute atomic E-state index is 0.0767. The van der Waals surface area contributed by atoms with Crippen LogP contribution in [-0.4, -0.2) is 43.8 Å². The summed E-state index contributed by atoms with van der Waals surface area (Å²) in [7, 11) is -4.10. The molecule has 0 saturated heterocycles. The van der Waals surface area contributed by atoms with E-state index in [1.807, 2.05) is 19.9 Å². The summed E-state index contributed by atoms with van der Waals surface area (Å²) in [6.07, 6.45) is 5.11. The first-order valence-electron chi connectivity index (χ1n) is 14.0. The number of nitrogens with one attached hydrogen (secondary N) is 1. The average Bonchev–Trinajstić information content (AvgIpc) is 2.95. The summed E-state index contributed by atoms with van der Waals surface area (Å²) < 4.78 is 29.0. The zero-order chi connectivity index (χ0) is 29.6. The number of hydrogen-bond donors (Lipinski definition) is 1. The second-order valence-corrected chi connectivity index (χ2v) is 13.1. The number of halogens is 1. The number of aryl methyl sites for hydroxylation is 2. The molecule has 0 heterocycles. The molecule has 0 bridgehead atoms. The van der Waals surface area contributed by atoms with Crippen LogP contribution in [0.5, 0.6) is 0 Å². The molecule has 3 aromatic carbocycles. The highest BCUT2D eigenvalue weighted by atomic mass is 35.5. The molecule has 4 rings (SSSR count). The lowest BCUT2D eigenvalue weighted by atomic mass is 9.95. The Hall–Kier alpha value is -3.36. The Balaban J connectivity index is 1.67. The van der Waals surface area contributed by atoms with E-state index in [9.17, 15) is 18.0 Å². The first kappa shape index (κ1) is 30.6. The summed E-state index contributed by atoms with van der Waals surface area (Å²) in [6.45, 7) is 5.11. The van der Waals surface area contributed by atoms with Gasteiger partial charge in [0.1, 0.15) is 12.6 Å². The highest BCUT2D eigenvalue weighted by molar-refractivity contribution is 7.92. The largest absolute Gasteiger partial charge is 0.352 e. The zero-order valence-electron chi connectivity index (χ0n) is 23.8. The van der Waals surface area contributed by atoms with Crippen LogP contribution in [0, 0.1) is 13.8 Å². The van der Waals surface area contributed by atoms with E-state index in [0.717, 1.165) is 53.1 Å². The Morgan fingerprint density at radius 1 is 0.927 bits per heavy atom. The molecule has 1 atom stereocenters. The fraction of sp³-hybridized carbons (Fsp3) is 0.375. The average molecular weight is 596 g/mol. The maximum absolute atomic E-state index is 14.1. The van der Waals surface area contributed by atoms with Gasteiger partial charge in [0.05, 0.1) is 10.6 Å². The van der Waals surface area contributed by atoms with Gasteiger partial charge in [-0.15, -0.1) is 0 Å². The molecule has 1 N–H and O–H groups in total. The fourth-order valence-corrected chi connectivity index (χ4v) is 6.69. The molecular formula is C32H38ClN3O4S. The summed E-state index contributed by atoms with van der Waals surface area (Å²) in [6, 6.07) is 19.9. The van der Waals surface area contributed by atoms with E-state index in [4.69, 9.17) is 11.6 Å². The van der Waals surface area contributed by atoms with Crippen LogP contribution in [-0.2, 0) is 26.2 Å². The summed E-state index contributed by atoms with van der Waals surface area (Å²) in [4.78, 5) is 29.0. The predicted molar refractivity (Wildman–Crippen MR) is 163 cm³/mol. The van der Waals surface area contributed by atoms with Gasteiger partial charge >= 0.3 is 0 Å². The minimum Gasteiger partial charge on any atom is -0.352 e. The Morgan fingerprint density at radius 2 is 1.54 bits per heavy atom. The second kappa shape index (κ2) is 13.5. The number of hydrogen-bond acceptors (Lipinski definition) is 4. The van der Waals surface area contributed by atoms with Crippen LogP contribution in [0.2, 0.25) is 5.02 Å². The van der Waals surface area contributed by atoms with Crippen molar-refractivity contribution in [1.82, 2.24) is 10.2 Å². The molecule has 3 aromatic rings. The van der Waals surface area contributed by atoms with Crippen molar-refractivity contribution in [2.24, 2.45) is 0 Å². The smallest absolute Gasteiger partial charge is 0.264 e. The van der Waals surface area contributed by atoms with Gasteiger partial charge in [-0.2, -0.15) is 0 Å². The molecule has 1 fully saturated rings. The van der Waals surface area contributed by atoms with E-state index in [1.54, 1.807) is 73.7 Å². The molecule has 7 nitrogen and oxygen atoms in total. The third-order valence-corrected chi connectivity index (χ3v) is 9.59. The Labute approximate surface area is 248 Å². The third-order valence-electron chi connectivity index (χ3n) is 7.57. The maximum atomic E-state index is 14.1. The number of carbonyl (C=O) groups is 2. The van der Waals surface area contributed by atoms with Crippen LogP contribution in [0.3, 0.4) is 0 Å². The van der Waals surface area contributed by atoms with Crippen LogP contribution in [0.25, 0.3) is 0 Å². The second-order valence-electron chi connectivity index (χ2n) is 10.8. The van der Waals surface area contributed by atoms with E-state index in [1.165, 1.54) is 4.90 Å². The minimum atomic E-state index is -4.10. The first-order valence-corrected chi connectivity index (χ1v) is 15.9. The number of sulfonamides is 1. The molecule has 1 aliphatic rings. The van der Waals surface area contributed by atoms with Gasteiger partial charge in [0.2, 0.25) is 11.8 Å². The van der Waals surface area contributed by atoms with Gasteiger partial charge in [-0.25, -0.2) is 8.42 Å². The Bertz CT molecular complexity index is 1450. The topological polar surface area (TPSA) is 86.8 Å². The highest BCUT2D eigenvalue weighted by Gasteiger charge is 2.33. The van der Waals surface area contributed by atoms with Crippen molar-refractivity contribution in [1.29, 1.82) is 0 Å². The van der Waals surface area contributed by atoms with Crippen molar-refractivity contribution >= 4 is 39.1 Å². The molecule has 0 unspecified atom stereocenters. The molecule has 41 heavy (non-hydrogen) atoms. The van der Waals surface area contributed by atoms with Gasteiger partial charge in [-0.3, -0.25) is 13.9 Å². The van der Waals surface area contributed by atoms with Crippen molar-refractivity contribution in [2.45, 2.75) is 76.4 Å². The molecule has 218 valence electrons. The number of amides is 2. The van der Waals surface area contributed by atoms with Crippen molar-refractivity contribution in [3.05, 3.63) is 94.5 Å². The van der Waals surface area contributed by atoms with Gasteiger partial charge in [0.15, 0.2) is 0 Å². The molecule has 0 spiro atoms. The molecule has 2 amide bonds. The summed E-state index contributed by atoms with van der Waals surface area (Å²) in [5.41, 5.74) is 2.99. The highest BCUT2D eigenvalue weighted by Crippen LogP contribution is 2.26. The quantitative estimate of drug-likeness (QED) is 0.311. The van der Waals surface area contributed by atoms with Gasteiger partial charge in [-0.05, 0) is 75.6 Å². The van der Waals surface area contributed by atoms with E-state index < -0.39 is 28.5 Å². The van der Waals surface area contributed by atoms with Gasteiger partial charge in [-0.1, -0.05) is 78.4 Å². The van der Waals surface area contributed by atoms with Crippen LogP contribution in [0.15, 0.2) is 77.7 Å². The van der Waals surface area contributed by atoms with Crippen molar-refractivity contribution in [3.63, 3.8) is 0 Å². The first-order chi connectivity index (χ1) is 19.5. The molecule has 0 aliphatic heterocycles. The normalized spacial score (nSPS) is 14.7. The summed E-state index contributed by atoms with van der Waals surface area (Å²) in [5.74, 6) is -0.747. The van der Waals surface area contributed by atoms with Gasteiger partial charge in [0, 0.05) is 17.6 Å². The van der Waals surface area contributed by atoms with E-state index in [2.05, 4.69) is 5.32 Å². The van der Waals surface area contributed by atoms with Crippen molar-refractivity contribution < 1.29 is 18.0 Å². The molecule has 0 aromatic heterocycles. The van der Waals surface area contributed by atoms with Gasteiger partial charge in [0.25, 0.3) is 10.0 Å². The predicted octanol–water partition coefficient (Wildman–Crippen LogP) is 6.02. The number of rotatable bonds is 10. The fourth-order valence-electron chi connectivity index (χ4n) is 5.06. The third kappa shape index (κ3) is 7.89. The Kier molecular flexibility index (Phi) is 10.1. The van der Waals surface area contributed by atoms with E-state index in [0.29, 0.717) is 10.7 Å². The lowest BCUT2D eigenvalue weighted by Gasteiger charge is -2.33. The van der Waals surface area contributed by atoms with Crippen molar-refractivity contribution in [2.75, 3.05) is 10.8 Å². The standard InChI is InChI=1S/C32H38ClN3O4S/c1-23-12-16-29(17-13-23)36(41(39,40)30-18-14-24(2)15-19-30)22-31(37)35(21-26-8-7-9-27(33)20-26)25(3)32(38)34-28-10-5-4-6-11-28/h7-9,12-20,25,28H,4-6,10-11,21-22H2,1-3H3,(H,34,38)/t25-/m1/s1. The molecule has 1 saturated carbocycles. The lowest BCUT2D eigenvalue weighted by Crippen LogP contribution is -2.53. The van der Waals surface area contributed by atoms with E-state index in [-0.39, 0.29) is 23.4 Å². The zero-order valence-corrected chi connectivity index (χ0v) is 25.4.